The molecule has 1 atom stereocenters. The van der Waals surface area contributed by atoms with Gasteiger partial charge in [0.05, 0.1) is 19.6 Å². The van der Waals surface area contributed by atoms with Gasteiger partial charge in [-0.1, -0.05) is 24.3 Å². The summed E-state index contributed by atoms with van der Waals surface area (Å²) in [6.45, 7) is 1.44. The summed E-state index contributed by atoms with van der Waals surface area (Å²) in [7, 11) is 1.50. The Morgan fingerprint density at radius 2 is 1.97 bits per heavy atom. The van der Waals surface area contributed by atoms with Gasteiger partial charge >= 0.3 is 5.69 Å². The number of nitrogen functional groups attached to an aromatic ring is 1. The molecule has 1 aliphatic rings. The minimum atomic E-state index is -0.833. The molecule has 0 saturated carbocycles. The minimum absolute atomic E-state index is 0.0477. The third-order valence-corrected chi connectivity index (χ3v) is 5.91. The smallest absolute Gasteiger partial charge is 0.350 e. The zero-order chi connectivity index (χ0) is 28.1. The van der Waals surface area contributed by atoms with Crippen LogP contribution < -0.4 is 20.9 Å². The van der Waals surface area contributed by atoms with Crippen molar-refractivity contribution in [3.63, 3.8) is 0 Å². The van der Waals surface area contributed by atoms with Gasteiger partial charge in [0, 0.05) is 42.4 Å². The lowest BCUT2D eigenvalue weighted by Crippen LogP contribution is -2.18. The van der Waals surface area contributed by atoms with Gasteiger partial charge in [-0.05, 0) is 24.1 Å². The fourth-order valence-electron chi connectivity index (χ4n) is 4.18. The van der Waals surface area contributed by atoms with E-state index >= 15 is 4.39 Å². The number of methoxy groups -OCH3 is 1. The first-order valence-electron chi connectivity index (χ1n) is 11.8. The van der Waals surface area contributed by atoms with Crippen molar-refractivity contribution in [3.8, 4) is 17.4 Å². The first-order chi connectivity index (χ1) is 18.7. The number of hydrogen-bond donors (Lipinski definition) is 4. The van der Waals surface area contributed by atoms with Crippen LogP contribution in [0.2, 0.25) is 0 Å². The summed E-state index contributed by atoms with van der Waals surface area (Å²) < 4.78 is 27.9. The molecule has 0 spiro atoms. The number of carboxylic acid groups (broad SMARTS) is 1. The van der Waals surface area contributed by atoms with Gasteiger partial charge in [0.2, 0.25) is 0 Å². The summed E-state index contributed by atoms with van der Waals surface area (Å²) in [5.74, 6) is -0.809. The maximum atomic E-state index is 15.8. The number of nitrogens with zero attached hydrogens (tertiary/aromatic N) is 4. The van der Waals surface area contributed by atoms with Crippen molar-refractivity contribution in [2.45, 2.75) is 25.7 Å². The van der Waals surface area contributed by atoms with E-state index in [4.69, 9.17) is 30.5 Å². The highest BCUT2D eigenvalue weighted by molar-refractivity contribution is 5.94. The molecular formula is C26H26FN7O5. The number of carboxylic acids is 1. The molecule has 3 heterocycles. The number of aliphatic carboxylic acids is 1. The lowest BCUT2D eigenvalue weighted by molar-refractivity contribution is -0.134. The highest BCUT2D eigenvalue weighted by atomic mass is 19.1. The molecule has 1 unspecified atom stereocenters. The van der Waals surface area contributed by atoms with E-state index in [-0.39, 0.29) is 17.6 Å². The quantitative estimate of drug-likeness (QED) is 0.204. The van der Waals surface area contributed by atoms with Gasteiger partial charge in [0.15, 0.2) is 11.5 Å². The van der Waals surface area contributed by atoms with E-state index < -0.39 is 23.4 Å². The molecule has 0 bridgehead atoms. The van der Waals surface area contributed by atoms with Gasteiger partial charge in [-0.2, -0.15) is 0 Å². The van der Waals surface area contributed by atoms with Gasteiger partial charge in [0.25, 0.3) is 11.9 Å². The molecule has 12 nitrogen and oxygen atoms in total. The number of benzene rings is 2. The van der Waals surface area contributed by atoms with Crippen LogP contribution in [0.1, 0.15) is 40.9 Å². The van der Waals surface area contributed by atoms with Crippen molar-refractivity contribution in [1.29, 1.82) is 5.41 Å². The number of fused-ring (bicyclic) bond motifs is 1. The van der Waals surface area contributed by atoms with Gasteiger partial charge < -0.3 is 20.3 Å². The second kappa shape index (κ2) is 11.5. The van der Waals surface area contributed by atoms with E-state index in [1.807, 2.05) is 12.1 Å². The Balaban J connectivity index is 0.000000826. The summed E-state index contributed by atoms with van der Waals surface area (Å²) in [5.41, 5.74) is 7.19. The largest absolute Gasteiger partial charge is 0.493 e. The van der Waals surface area contributed by atoms with E-state index in [0.29, 0.717) is 47.6 Å². The maximum absolute atomic E-state index is 15.8. The zero-order valence-corrected chi connectivity index (χ0v) is 21.1. The predicted octanol–water partition coefficient (Wildman–Crippen LogP) is 2.18. The standard InChI is InChI=1S/C24H22FN7O3.C2H4O2/c1-34-18-12-16(19(25)15-7-10-35-20(15)18)17(11-13-3-5-14(6-4-13)21(26)27)22-30-24(33)32(31-22)23-28-8-2-9-29-23;1-2(3)4/h2-6,8-9,12,17H,7,10-11H2,1H3,(H3,26,27)(H,30,31,33);1H3,(H,3,4). The molecule has 2 aromatic carbocycles. The first kappa shape index (κ1) is 27.0. The Labute approximate surface area is 221 Å². The van der Waals surface area contributed by atoms with Crippen LogP contribution >= 0.6 is 0 Å². The molecule has 5 rings (SSSR count). The summed E-state index contributed by atoms with van der Waals surface area (Å²) in [6.07, 6.45) is 3.72. The van der Waals surface area contributed by atoms with E-state index in [9.17, 15) is 4.79 Å². The maximum Gasteiger partial charge on any atom is 0.350 e. The molecule has 39 heavy (non-hydrogen) atoms. The summed E-state index contributed by atoms with van der Waals surface area (Å²) >= 11 is 0. The second-order valence-corrected chi connectivity index (χ2v) is 8.55. The minimum Gasteiger partial charge on any atom is -0.493 e. The number of hydrogen-bond acceptors (Lipinski definition) is 8. The number of nitrogens with two attached hydrogens (primary N) is 1. The van der Waals surface area contributed by atoms with Gasteiger partial charge in [0.1, 0.15) is 17.5 Å². The van der Waals surface area contributed by atoms with Crippen LogP contribution in [0.25, 0.3) is 5.95 Å². The third-order valence-electron chi connectivity index (χ3n) is 5.91. The SMILES string of the molecule is CC(=O)O.COc1cc(C(Cc2ccc(C(=N)N)cc2)c2nn(-c3ncccn3)c(=O)[nH]2)c(F)c2c1OCC2. The molecule has 1 aliphatic heterocycles. The van der Waals surface area contributed by atoms with Gasteiger partial charge in [-0.15, -0.1) is 9.78 Å². The number of aromatic amines is 1. The highest BCUT2D eigenvalue weighted by Crippen LogP contribution is 2.42. The number of carbonyl (C=O) groups is 1. The molecule has 5 N–H and O–H groups in total. The second-order valence-electron chi connectivity index (χ2n) is 8.55. The number of aromatic nitrogens is 5. The Hall–Kier alpha value is -5.07. The average molecular weight is 536 g/mol. The molecule has 13 heteroatoms. The Bertz CT molecular complexity index is 1550. The van der Waals surface area contributed by atoms with Crippen molar-refractivity contribution in [2.24, 2.45) is 5.73 Å². The monoisotopic (exact) mass is 535 g/mol. The van der Waals surface area contributed by atoms with E-state index in [2.05, 4.69) is 20.1 Å². The van der Waals surface area contributed by atoms with Crippen LogP contribution in [0, 0.1) is 11.2 Å². The number of amidine groups is 1. The zero-order valence-electron chi connectivity index (χ0n) is 21.1. The summed E-state index contributed by atoms with van der Waals surface area (Å²) in [4.78, 5) is 32.6. The molecule has 4 aromatic rings. The van der Waals surface area contributed by atoms with Crippen molar-refractivity contribution in [3.05, 3.63) is 93.2 Å². The number of H-pyrrole nitrogens is 1. The normalized spacial score (nSPS) is 12.5. The van der Waals surface area contributed by atoms with Crippen molar-refractivity contribution < 1.29 is 23.8 Å². The van der Waals surface area contributed by atoms with Crippen molar-refractivity contribution in [1.82, 2.24) is 24.7 Å². The van der Waals surface area contributed by atoms with Gasteiger partial charge in [-0.3, -0.25) is 15.2 Å². The van der Waals surface area contributed by atoms with Crippen LogP contribution in [0.15, 0.2) is 53.6 Å². The van der Waals surface area contributed by atoms with Crippen LogP contribution in [0.3, 0.4) is 0 Å². The van der Waals surface area contributed by atoms with Crippen LogP contribution in [-0.4, -0.2) is 55.4 Å². The number of rotatable bonds is 7. The van der Waals surface area contributed by atoms with Crippen LogP contribution in [-0.2, 0) is 17.6 Å². The Morgan fingerprint density at radius 1 is 1.31 bits per heavy atom. The van der Waals surface area contributed by atoms with Crippen LogP contribution in [0.5, 0.6) is 11.5 Å². The number of nitrogens with one attached hydrogen (secondary N) is 2. The average Bonchev–Trinajstić information content (AvgIpc) is 3.56. The molecule has 0 aliphatic carbocycles. The highest BCUT2D eigenvalue weighted by Gasteiger charge is 2.31. The predicted molar refractivity (Wildman–Crippen MR) is 138 cm³/mol. The van der Waals surface area contributed by atoms with Crippen LogP contribution in [0.4, 0.5) is 4.39 Å². The van der Waals surface area contributed by atoms with Crippen molar-refractivity contribution in [2.75, 3.05) is 13.7 Å². The lowest BCUT2D eigenvalue weighted by atomic mass is 9.88. The molecule has 0 amide bonds. The number of halogens is 1. The fourth-order valence-corrected chi connectivity index (χ4v) is 4.18. The summed E-state index contributed by atoms with van der Waals surface area (Å²) in [5, 5.41) is 19.4. The van der Waals surface area contributed by atoms with E-state index in [1.54, 1.807) is 24.3 Å². The molecule has 202 valence electrons. The van der Waals surface area contributed by atoms with Crippen molar-refractivity contribution >= 4 is 11.8 Å². The van der Waals surface area contributed by atoms with E-state index in [0.717, 1.165) is 17.2 Å². The first-order valence-corrected chi connectivity index (χ1v) is 11.8. The molecule has 0 saturated heterocycles. The molecular weight excluding hydrogens is 509 g/mol. The Morgan fingerprint density at radius 3 is 2.59 bits per heavy atom. The molecule has 0 fully saturated rings. The molecule has 2 aromatic heterocycles. The topological polar surface area (TPSA) is 182 Å². The Kier molecular flexibility index (Phi) is 7.98. The van der Waals surface area contributed by atoms with Gasteiger partial charge in [-0.25, -0.2) is 19.2 Å². The lowest BCUT2D eigenvalue weighted by Gasteiger charge is -2.19. The number of ether oxygens (including phenoxy) is 2. The fraction of sp³-hybridized carbons (Fsp3) is 0.231. The van der Waals surface area contributed by atoms with E-state index in [1.165, 1.54) is 19.5 Å². The molecule has 0 radical (unpaired) electrons. The third kappa shape index (κ3) is 5.92. The summed E-state index contributed by atoms with van der Waals surface area (Å²) in [6, 6.07) is 10.3.